The predicted molar refractivity (Wildman–Crippen MR) is 134 cm³/mol. The van der Waals surface area contributed by atoms with Crippen molar-refractivity contribution in [2.75, 3.05) is 30.0 Å². The fourth-order valence-electron chi connectivity index (χ4n) is 4.38. The molecule has 1 aliphatic rings. The number of aromatic nitrogens is 3. The Labute approximate surface area is 195 Å². The summed E-state index contributed by atoms with van der Waals surface area (Å²) in [5.41, 5.74) is 3.49. The summed E-state index contributed by atoms with van der Waals surface area (Å²) < 4.78 is 1.84. The number of hydrogen-bond acceptors (Lipinski definition) is 6. The van der Waals surface area contributed by atoms with Gasteiger partial charge in [-0.1, -0.05) is 19.6 Å². The first-order chi connectivity index (χ1) is 16.0. The van der Waals surface area contributed by atoms with Crippen molar-refractivity contribution in [1.82, 2.24) is 19.5 Å². The molecule has 0 aliphatic heterocycles. The number of carbonyl (C=O) groups excluding carboxylic acids is 1. The van der Waals surface area contributed by atoms with Crippen LogP contribution < -0.4 is 16.0 Å². The zero-order valence-corrected chi connectivity index (χ0v) is 19.6. The molecule has 0 unspecified atom stereocenters. The second-order valence-corrected chi connectivity index (χ2v) is 8.80. The lowest BCUT2D eigenvalue weighted by Crippen LogP contribution is -2.36. The van der Waals surface area contributed by atoms with Crippen LogP contribution >= 0.6 is 0 Å². The van der Waals surface area contributed by atoms with E-state index in [0.29, 0.717) is 17.8 Å². The summed E-state index contributed by atoms with van der Waals surface area (Å²) in [6, 6.07) is 10.6. The molecule has 0 spiro atoms. The number of nitrogens with zero attached hydrogens (tertiary/aromatic N) is 4. The normalized spacial score (nSPS) is 18.3. The molecule has 0 saturated heterocycles. The molecule has 0 bridgehead atoms. The molecule has 1 saturated carbocycles. The van der Waals surface area contributed by atoms with Crippen LogP contribution in [0.3, 0.4) is 0 Å². The molecule has 1 amide bonds. The maximum Gasteiger partial charge on any atom is 0.247 e. The average molecular weight is 448 g/mol. The second-order valence-electron chi connectivity index (χ2n) is 8.80. The van der Waals surface area contributed by atoms with Crippen LogP contribution in [0.2, 0.25) is 0 Å². The number of amides is 1. The smallest absolute Gasteiger partial charge is 0.247 e. The van der Waals surface area contributed by atoms with Gasteiger partial charge in [-0.3, -0.25) is 4.79 Å². The van der Waals surface area contributed by atoms with Gasteiger partial charge in [0.25, 0.3) is 0 Å². The van der Waals surface area contributed by atoms with E-state index in [2.05, 4.69) is 53.5 Å². The summed E-state index contributed by atoms with van der Waals surface area (Å²) >= 11 is 0. The molecule has 0 radical (unpaired) electrons. The first-order valence-electron chi connectivity index (χ1n) is 11.6. The number of carbonyl (C=O) groups is 1. The molecule has 8 heteroatoms. The fraction of sp³-hybridized carbons (Fsp3) is 0.400. The van der Waals surface area contributed by atoms with Crippen molar-refractivity contribution >= 4 is 34.6 Å². The minimum Gasteiger partial charge on any atom is -0.367 e. The molecule has 33 heavy (non-hydrogen) atoms. The Morgan fingerprint density at radius 1 is 1.21 bits per heavy atom. The highest BCUT2D eigenvalue weighted by Gasteiger charge is 2.23. The van der Waals surface area contributed by atoms with Crippen LogP contribution in [-0.2, 0) is 11.2 Å². The van der Waals surface area contributed by atoms with Crippen LogP contribution in [0.15, 0.2) is 49.2 Å². The Kier molecular flexibility index (Phi) is 6.93. The van der Waals surface area contributed by atoms with Gasteiger partial charge in [0.05, 0.1) is 6.20 Å². The zero-order chi connectivity index (χ0) is 23.4. The molecule has 1 aliphatic carbocycles. The van der Waals surface area contributed by atoms with Gasteiger partial charge in [-0.05, 0) is 70.5 Å². The zero-order valence-electron chi connectivity index (χ0n) is 19.6. The van der Waals surface area contributed by atoms with Gasteiger partial charge >= 0.3 is 0 Å². The number of hydrogen-bond donors (Lipinski definition) is 3. The van der Waals surface area contributed by atoms with Gasteiger partial charge in [0.2, 0.25) is 5.91 Å². The Balaban J connectivity index is 1.59. The maximum atomic E-state index is 11.7. The minimum atomic E-state index is -0.242. The molecular formula is C25H33N7O. The topological polar surface area (TPSA) is 86.6 Å². The monoisotopic (exact) mass is 447 g/mol. The van der Waals surface area contributed by atoms with E-state index in [0.717, 1.165) is 47.8 Å². The van der Waals surface area contributed by atoms with E-state index in [1.165, 1.54) is 18.9 Å². The Bertz CT molecular complexity index is 1130. The van der Waals surface area contributed by atoms with Crippen molar-refractivity contribution in [3.8, 4) is 0 Å². The van der Waals surface area contributed by atoms with Crippen LogP contribution in [0.1, 0.15) is 38.2 Å². The van der Waals surface area contributed by atoms with E-state index in [4.69, 9.17) is 4.98 Å². The van der Waals surface area contributed by atoms with E-state index in [-0.39, 0.29) is 5.91 Å². The molecule has 2 aromatic heterocycles. The number of aryl methyl sites for hydroxylation is 1. The van der Waals surface area contributed by atoms with Crippen LogP contribution in [0.5, 0.6) is 0 Å². The number of nitrogens with one attached hydrogen (secondary N) is 3. The van der Waals surface area contributed by atoms with Crippen molar-refractivity contribution < 1.29 is 4.79 Å². The first-order valence-corrected chi connectivity index (χ1v) is 11.6. The van der Waals surface area contributed by atoms with Gasteiger partial charge in [0.15, 0.2) is 5.65 Å². The third-order valence-electron chi connectivity index (χ3n) is 6.29. The summed E-state index contributed by atoms with van der Waals surface area (Å²) in [7, 11) is 4.32. The van der Waals surface area contributed by atoms with Crippen LogP contribution in [0.4, 0.5) is 23.0 Å². The van der Waals surface area contributed by atoms with Crippen molar-refractivity contribution in [2.45, 2.75) is 51.1 Å². The summed E-state index contributed by atoms with van der Waals surface area (Å²) in [4.78, 5) is 18.9. The lowest BCUT2D eigenvalue weighted by Gasteiger charge is -2.33. The highest BCUT2D eigenvalue weighted by Crippen LogP contribution is 2.28. The van der Waals surface area contributed by atoms with E-state index < -0.39 is 0 Å². The SMILES string of the molecule is C=CC(=O)Nc1cccc(Nc2cc(NC3CCC(N(C)C)CC3)nc3c(CC)cnn23)c1. The predicted octanol–water partition coefficient (Wildman–Crippen LogP) is 4.44. The van der Waals surface area contributed by atoms with Crippen molar-refractivity contribution in [2.24, 2.45) is 0 Å². The van der Waals surface area contributed by atoms with E-state index in [1.807, 2.05) is 41.0 Å². The highest BCUT2D eigenvalue weighted by atomic mass is 16.1. The Morgan fingerprint density at radius 3 is 2.67 bits per heavy atom. The summed E-state index contributed by atoms with van der Waals surface area (Å²) in [5, 5.41) is 14.5. The first kappa shape index (κ1) is 22.8. The number of anilines is 4. The largest absolute Gasteiger partial charge is 0.367 e. The fourth-order valence-corrected chi connectivity index (χ4v) is 4.38. The van der Waals surface area contributed by atoms with Gasteiger partial charge in [-0.15, -0.1) is 0 Å². The van der Waals surface area contributed by atoms with Gasteiger partial charge < -0.3 is 20.9 Å². The lowest BCUT2D eigenvalue weighted by atomic mass is 9.90. The second kappa shape index (κ2) is 10.0. The molecule has 1 aromatic carbocycles. The Hall–Kier alpha value is -3.39. The molecule has 3 N–H and O–H groups in total. The standard InChI is InChI=1S/C25H33N7O/c1-5-17-16-26-32-23(28-19-8-7-9-20(14-19)29-24(33)6-2)15-22(30-25(17)32)27-18-10-12-21(13-11-18)31(3)4/h6-9,14-16,18,21,28H,2,5,10-13H2,1,3-4H3,(H,27,30)(H,29,33). The molecular weight excluding hydrogens is 414 g/mol. The van der Waals surface area contributed by atoms with Gasteiger partial charge in [-0.2, -0.15) is 9.61 Å². The number of rotatable bonds is 8. The van der Waals surface area contributed by atoms with Crippen molar-refractivity contribution in [3.63, 3.8) is 0 Å². The van der Waals surface area contributed by atoms with Crippen LogP contribution in [0.25, 0.3) is 5.65 Å². The third kappa shape index (κ3) is 5.34. The molecule has 2 heterocycles. The van der Waals surface area contributed by atoms with E-state index >= 15 is 0 Å². The molecule has 8 nitrogen and oxygen atoms in total. The summed E-state index contributed by atoms with van der Waals surface area (Å²) in [6.45, 7) is 5.62. The molecule has 3 aromatic rings. The summed E-state index contributed by atoms with van der Waals surface area (Å²) in [5.74, 6) is 1.43. The molecule has 0 atom stereocenters. The van der Waals surface area contributed by atoms with E-state index in [1.54, 1.807) is 0 Å². The van der Waals surface area contributed by atoms with Gasteiger partial charge in [-0.25, -0.2) is 4.98 Å². The minimum absolute atomic E-state index is 0.242. The van der Waals surface area contributed by atoms with E-state index in [9.17, 15) is 4.79 Å². The number of benzene rings is 1. The van der Waals surface area contributed by atoms with Crippen LogP contribution in [0, 0.1) is 0 Å². The van der Waals surface area contributed by atoms with Crippen molar-refractivity contribution in [1.29, 1.82) is 0 Å². The molecule has 174 valence electrons. The Morgan fingerprint density at radius 2 is 1.97 bits per heavy atom. The maximum absolute atomic E-state index is 11.7. The molecule has 4 rings (SSSR count). The molecule has 1 fully saturated rings. The number of fused-ring (bicyclic) bond motifs is 1. The van der Waals surface area contributed by atoms with Crippen LogP contribution in [-0.4, -0.2) is 51.6 Å². The average Bonchev–Trinajstić information content (AvgIpc) is 3.23. The third-order valence-corrected chi connectivity index (χ3v) is 6.29. The van der Waals surface area contributed by atoms with Gasteiger partial charge in [0, 0.05) is 35.1 Å². The summed E-state index contributed by atoms with van der Waals surface area (Å²) in [6.07, 6.45) is 8.62. The lowest BCUT2D eigenvalue weighted by molar-refractivity contribution is -0.111. The van der Waals surface area contributed by atoms with Crippen molar-refractivity contribution in [3.05, 3.63) is 54.7 Å². The highest BCUT2D eigenvalue weighted by molar-refractivity contribution is 5.99. The quantitative estimate of drug-likeness (QED) is 0.443. The van der Waals surface area contributed by atoms with Gasteiger partial charge in [0.1, 0.15) is 11.6 Å².